The average molecular weight is 496 g/mol. The molecule has 1 unspecified atom stereocenters. The predicted octanol–water partition coefficient (Wildman–Crippen LogP) is 4.90. The number of nitrogens with zero attached hydrogens (tertiary/aromatic N) is 3. The average Bonchev–Trinajstić information content (AvgIpc) is 3.47. The van der Waals surface area contributed by atoms with Crippen LogP contribution in [0.2, 0.25) is 0 Å². The number of para-hydroxylation sites is 1. The van der Waals surface area contributed by atoms with E-state index in [9.17, 15) is 4.79 Å². The van der Waals surface area contributed by atoms with Crippen molar-refractivity contribution >= 4 is 22.8 Å². The molecule has 8 nitrogen and oxygen atoms in total. The van der Waals surface area contributed by atoms with E-state index in [0.29, 0.717) is 41.3 Å². The van der Waals surface area contributed by atoms with Crippen molar-refractivity contribution in [3.05, 3.63) is 66.6 Å². The number of fused-ring (bicyclic) bond motifs is 1. The molecule has 3 heterocycles. The number of benzene rings is 2. The maximum absolute atomic E-state index is 12.4. The molecule has 1 aliphatic rings. The molecule has 0 spiro atoms. The molecule has 2 aromatic carbocycles. The number of nitrogens with two attached hydrogens (primary N) is 1. The third kappa shape index (κ3) is 4.74. The molecule has 1 saturated heterocycles. The number of ether oxygens (including phenoxy) is 2. The highest BCUT2D eigenvalue weighted by molar-refractivity contribution is 6.03. The summed E-state index contributed by atoms with van der Waals surface area (Å²) < 4.78 is 13.7. The standard InChI is InChI=1S/C29H29N5O3/c1-5-22-24(18-11-13-21(14-12-18)36-20-9-7-6-8-10-20)25-26(30)32-17-33-27(25)34(22)19-15-23(31-16-19)37-28(35)29(2,3)4/h1,6-14,17,19,23,31H,15-16H2,2-4H3,(H2,30,32,33)/t19-,23?/m1/s1. The second-order valence-corrected chi connectivity index (χ2v) is 10.1. The van der Waals surface area contributed by atoms with Gasteiger partial charge in [-0.15, -0.1) is 6.42 Å². The predicted molar refractivity (Wildman–Crippen MR) is 143 cm³/mol. The molecule has 4 aromatic rings. The summed E-state index contributed by atoms with van der Waals surface area (Å²) in [5, 5.41) is 3.99. The van der Waals surface area contributed by atoms with E-state index in [-0.39, 0.29) is 12.0 Å². The van der Waals surface area contributed by atoms with Gasteiger partial charge in [-0.2, -0.15) is 0 Å². The van der Waals surface area contributed by atoms with E-state index in [1.807, 2.05) is 79.9 Å². The van der Waals surface area contributed by atoms with Crippen molar-refractivity contribution in [2.24, 2.45) is 5.41 Å². The fraction of sp³-hybridized carbons (Fsp3) is 0.276. The summed E-state index contributed by atoms with van der Waals surface area (Å²) in [5.74, 6) is 4.41. The zero-order valence-corrected chi connectivity index (χ0v) is 21.1. The topological polar surface area (TPSA) is 104 Å². The van der Waals surface area contributed by atoms with Gasteiger partial charge in [0, 0.05) is 18.5 Å². The van der Waals surface area contributed by atoms with Gasteiger partial charge in [-0.25, -0.2) is 9.97 Å². The summed E-state index contributed by atoms with van der Waals surface area (Å²) in [6.45, 7) is 6.06. The van der Waals surface area contributed by atoms with Crippen molar-refractivity contribution in [1.29, 1.82) is 0 Å². The van der Waals surface area contributed by atoms with E-state index in [4.69, 9.17) is 21.6 Å². The van der Waals surface area contributed by atoms with Gasteiger partial charge in [-0.3, -0.25) is 10.1 Å². The smallest absolute Gasteiger partial charge is 0.312 e. The maximum Gasteiger partial charge on any atom is 0.312 e. The second kappa shape index (κ2) is 9.60. The molecule has 0 bridgehead atoms. The number of rotatable bonds is 5. The van der Waals surface area contributed by atoms with Crippen LogP contribution in [0.5, 0.6) is 11.5 Å². The number of nitrogen functional groups attached to an aromatic ring is 1. The van der Waals surface area contributed by atoms with Gasteiger partial charge >= 0.3 is 5.97 Å². The lowest BCUT2D eigenvalue weighted by atomic mass is 9.97. The molecule has 8 heteroatoms. The SMILES string of the molecule is C#Cc1c(-c2ccc(Oc3ccccc3)cc2)c2c(N)ncnc2n1[C@H]1CNC(OC(=O)C(C)(C)C)C1. The van der Waals surface area contributed by atoms with Gasteiger partial charge in [0.05, 0.1) is 16.8 Å². The number of carbonyl (C=O) groups excluding carboxylic acids is 1. The lowest BCUT2D eigenvalue weighted by Crippen LogP contribution is -2.33. The maximum atomic E-state index is 12.4. The molecule has 188 valence electrons. The Morgan fingerprint density at radius 1 is 1.11 bits per heavy atom. The second-order valence-electron chi connectivity index (χ2n) is 10.1. The van der Waals surface area contributed by atoms with Crippen LogP contribution in [0, 0.1) is 17.8 Å². The summed E-state index contributed by atoms with van der Waals surface area (Å²) in [6, 6.07) is 17.2. The molecule has 0 radical (unpaired) electrons. The molecule has 2 aromatic heterocycles. The van der Waals surface area contributed by atoms with Crippen LogP contribution >= 0.6 is 0 Å². The van der Waals surface area contributed by atoms with E-state index < -0.39 is 11.6 Å². The Labute approximate surface area is 215 Å². The van der Waals surface area contributed by atoms with Crippen LogP contribution in [0.15, 0.2) is 60.9 Å². The first-order chi connectivity index (χ1) is 17.8. The molecular weight excluding hydrogens is 466 g/mol. The molecule has 5 rings (SSSR count). The summed E-state index contributed by atoms with van der Waals surface area (Å²) in [7, 11) is 0. The number of esters is 1. The monoisotopic (exact) mass is 495 g/mol. The van der Waals surface area contributed by atoms with Crippen LogP contribution in [0.4, 0.5) is 5.82 Å². The lowest BCUT2D eigenvalue weighted by molar-refractivity contribution is -0.159. The van der Waals surface area contributed by atoms with Gasteiger partial charge in [0.2, 0.25) is 0 Å². The molecule has 2 atom stereocenters. The molecule has 1 aliphatic heterocycles. The summed E-state index contributed by atoms with van der Waals surface area (Å²) in [6.07, 6.45) is 7.65. The van der Waals surface area contributed by atoms with Crippen LogP contribution < -0.4 is 15.8 Å². The molecule has 0 aliphatic carbocycles. The normalized spacial score (nSPS) is 17.5. The fourth-order valence-electron chi connectivity index (χ4n) is 4.52. The summed E-state index contributed by atoms with van der Waals surface area (Å²) >= 11 is 0. The highest BCUT2D eigenvalue weighted by atomic mass is 16.6. The molecular formula is C29H29N5O3. The van der Waals surface area contributed by atoms with E-state index in [0.717, 1.165) is 16.9 Å². The quantitative estimate of drug-likeness (QED) is 0.300. The van der Waals surface area contributed by atoms with Crippen LogP contribution in [0.1, 0.15) is 38.9 Å². The largest absolute Gasteiger partial charge is 0.457 e. The molecule has 3 N–H and O–H groups in total. The zero-order valence-electron chi connectivity index (χ0n) is 21.1. The number of terminal acetylenes is 1. The first-order valence-electron chi connectivity index (χ1n) is 12.1. The van der Waals surface area contributed by atoms with Gasteiger partial charge in [-0.1, -0.05) is 36.3 Å². The van der Waals surface area contributed by atoms with Crippen LogP contribution in [0.25, 0.3) is 22.2 Å². The Morgan fingerprint density at radius 2 is 1.81 bits per heavy atom. The third-order valence-corrected chi connectivity index (χ3v) is 6.37. The minimum atomic E-state index is -0.588. The molecule has 0 amide bonds. The van der Waals surface area contributed by atoms with E-state index in [2.05, 4.69) is 21.2 Å². The Hall–Kier alpha value is -4.35. The van der Waals surface area contributed by atoms with E-state index in [1.54, 1.807) is 0 Å². The third-order valence-electron chi connectivity index (χ3n) is 6.37. The van der Waals surface area contributed by atoms with Gasteiger partial charge < -0.3 is 19.8 Å². The Balaban J connectivity index is 1.51. The number of hydrogen-bond acceptors (Lipinski definition) is 7. The van der Waals surface area contributed by atoms with Crippen LogP contribution in [0.3, 0.4) is 0 Å². The van der Waals surface area contributed by atoms with Gasteiger partial charge in [0.1, 0.15) is 35.0 Å². The van der Waals surface area contributed by atoms with Gasteiger partial charge in [-0.05, 0) is 50.6 Å². The first kappa shape index (κ1) is 24.3. The minimum Gasteiger partial charge on any atom is -0.457 e. The van der Waals surface area contributed by atoms with Crippen molar-refractivity contribution in [2.45, 2.75) is 39.5 Å². The Morgan fingerprint density at radius 3 is 2.49 bits per heavy atom. The molecule has 1 fully saturated rings. The van der Waals surface area contributed by atoms with Gasteiger partial charge in [0.15, 0.2) is 6.23 Å². The number of aromatic nitrogens is 3. The molecule has 0 saturated carbocycles. The number of carbonyl (C=O) groups is 1. The first-order valence-corrected chi connectivity index (χ1v) is 12.1. The van der Waals surface area contributed by atoms with Crippen LogP contribution in [-0.4, -0.2) is 33.3 Å². The van der Waals surface area contributed by atoms with Crippen LogP contribution in [-0.2, 0) is 9.53 Å². The number of anilines is 1. The number of hydrogen-bond donors (Lipinski definition) is 2. The minimum absolute atomic E-state index is 0.0879. The van der Waals surface area contributed by atoms with Crippen molar-refractivity contribution in [3.63, 3.8) is 0 Å². The van der Waals surface area contributed by atoms with Crippen molar-refractivity contribution in [2.75, 3.05) is 12.3 Å². The Bertz CT molecular complexity index is 1480. The summed E-state index contributed by atoms with van der Waals surface area (Å²) in [5.41, 5.74) is 8.73. The van der Waals surface area contributed by atoms with E-state index >= 15 is 0 Å². The zero-order chi connectivity index (χ0) is 26.2. The lowest BCUT2D eigenvalue weighted by Gasteiger charge is -2.20. The highest BCUT2D eigenvalue weighted by Crippen LogP contribution is 2.40. The molecule has 37 heavy (non-hydrogen) atoms. The van der Waals surface area contributed by atoms with Crippen molar-refractivity contribution in [1.82, 2.24) is 19.9 Å². The fourth-order valence-corrected chi connectivity index (χ4v) is 4.52. The summed E-state index contributed by atoms with van der Waals surface area (Å²) in [4.78, 5) is 21.2. The number of nitrogens with one attached hydrogen (secondary N) is 1. The van der Waals surface area contributed by atoms with Crippen molar-refractivity contribution in [3.8, 4) is 35.0 Å². The Kier molecular flexibility index (Phi) is 6.32. The highest BCUT2D eigenvalue weighted by Gasteiger charge is 2.35. The van der Waals surface area contributed by atoms with Gasteiger partial charge in [0.25, 0.3) is 0 Å². The van der Waals surface area contributed by atoms with E-state index in [1.165, 1.54) is 6.33 Å². The van der Waals surface area contributed by atoms with Crippen molar-refractivity contribution < 1.29 is 14.3 Å².